The standard InChI is InChI=1S/C18H22N2O/c1-2-14-6-5-10-20(11-9-14)18-16(13-21)12-15-7-3-4-8-17(15)19-18/h3-4,7-8,12-14H,2,5-6,9-11H2,1H3. The number of aromatic nitrogens is 1. The molecule has 0 N–H and O–H groups in total. The number of hydrogen-bond donors (Lipinski definition) is 0. The van der Waals surface area contributed by atoms with Gasteiger partial charge in [0, 0.05) is 18.5 Å². The molecule has 0 saturated carbocycles. The van der Waals surface area contributed by atoms with E-state index in [1.54, 1.807) is 0 Å². The number of carbonyl (C=O) groups is 1. The second-order valence-electron chi connectivity index (χ2n) is 5.90. The maximum Gasteiger partial charge on any atom is 0.153 e. The van der Waals surface area contributed by atoms with Crippen LogP contribution >= 0.6 is 0 Å². The van der Waals surface area contributed by atoms with E-state index in [-0.39, 0.29) is 0 Å². The van der Waals surface area contributed by atoms with Crippen molar-refractivity contribution in [3.8, 4) is 0 Å². The summed E-state index contributed by atoms with van der Waals surface area (Å²) in [6.07, 6.45) is 5.86. The molecule has 1 unspecified atom stereocenters. The number of anilines is 1. The SMILES string of the molecule is CCC1CCCN(c2nc3ccccc3cc2C=O)CC1. The van der Waals surface area contributed by atoms with Crippen LogP contribution in [0.3, 0.4) is 0 Å². The normalized spacial score (nSPS) is 19.5. The lowest BCUT2D eigenvalue weighted by molar-refractivity contribution is 0.112. The average Bonchev–Trinajstić information content (AvgIpc) is 2.79. The Labute approximate surface area is 126 Å². The van der Waals surface area contributed by atoms with Gasteiger partial charge in [0.25, 0.3) is 0 Å². The molecule has 21 heavy (non-hydrogen) atoms. The van der Waals surface area contributed by atoms with Crippen molar-refractivity contribution in [2.45, 2.75) is 32.6 Å². The molecular weight excluding hydrogens is 260 g/mol. The molecule has 0 spiro atoms. The molecular formula is C18H22N2O. The van der Waals surface area contributed by atoms with Crippen LogP contribution in [0.25, 0.3) is 10.9 Å². The smallest absolute Gasteiger partial charge is 0.153 e. The number of pyridine rings is 1. The van der Waals surface area contributed by atoms with Gasteiger partial charge in [-0.2, -0.15) is 0 Å². The second-order valence-corrected chi connectivity index (χ2v) is 5.90. The largest absolute Gasteiger partial charge is 0.356 e. The Hall–Kier alpha value is -1.90. The molecule has 2 heterocycles. The molecule has 2 aromatic rings. The molecule has 3 nitrogen and oxygen atoms in total. The van der Waals surface area contributed by atoms with E-state index < -0.39 is 0 Å². The van der Waals surface area contributed by atoms with Crippen molar-refractivity contribution < 1.29 is 4.79 Å². The zero-order valence-electron chi connectivity index (χ0n) is 12.6. The lowest BCUT2D eigenvalue weighted by atomic mass is 9.98. The van der Waals surface area contributed by atoms with Crippen molar-refractivity contribution in [1.82, 2.24) is 4.98 Å². The predicted octanol–water partition coefficient (Wildman–Crippen LogP) is 4.06. The molecule has 110 valence electrons. The van der Waals surface area contributed by atoms with E-state index >= 15 is 0 Å². The Morgan fingerprint density at radius 2 is 2.14 bits per heavy atom. The van der Waals surface area contributed by atoms with Crippen molar-refractivity contribution in [3.05, 3.63) is 35.9 Å². The zero-order valence-corrected chi connectivity index (χ0v) is 12.6. The first-order valence-electron chi connectivity index (χ1n) is 7.91. The molecule has 0 amide bonds. The number of hydrogen-bond acceptors (Lipinski definition) is 3. The highest BCUT2D eigenvalue weighted by Gasteiger charge is 2.19. The molecule has 0 radical (unpaired) electrons. The summed E-state index contributed by atoms with van der Waals surface area (Å²) in [7, 11) is 0. The van der Waals surface area contributed by atoms with Crippen LogP contribution in [0.1, 0.15) is 43.0 Å². The zero-order chi connectivity index (χ0) is 14.7. The van der Waals surface area contributed by atoms with Gasteiger partial charge in [-0.1, -0.05) is 31.5 Å². The van der Waals surface area contributed by atoms with Gasteiger partial charge in [0.1, 0.15) is 5.82 Å². The van der Waals surface area contributed by atoms with Crippen LogP contribution in [0, 0.1) is 5.92 Å². The molecule has 1 saturated heterocycles. The van der Waals surface area contributed by atoms with Crippen LogP contribution in [-0.4, -0.2) is 24.4 Å². The van der Waals surface area contributed by atoms with Gasteiger partial charge in [0.05, 0.1) is 11.1 Å². The summed E-state index contributed by atoms with van der Waals surface area (Å²) < 4.78 is 0. The Bertz CT molecular complexity index is 638. The Morgan fingerprint density at radius 1 is 1.29 bits per heavy atom. The number of fused-ring (bicyclic) bond motifs is 1. The molecule has 3 rings (SSSR count). The number of carbonyl (C=O) groups excluding carboxylic acids is 1. The van der Waals surface area contributed by atoms with Gasteiger partial charge in [-0.05, 0) is 37.3 Å². The van der Waals surface area contributed by atoms with Crippen molar-refractivity contribution in [2.24, 2.45) is 5.92 Å². The van der Waals surface area contributed by atoms with Crippen molar-refractivity contribution in [2.75, 3.05) is 18.0 Å². The summed E-state index contributed by atoms with van der Waals surface area (Å²) in [4.78, 5) is 18.5. The summed E-state index contributed by atoms with van der Waals surface area (Å²) in [6, 6.07) is 9.97. The second kappa shape index (κ2) is 6.25. The minimum absolute atomic E-state index is 0.712. The summed E-state index contributed by atoms with van der Waals surface area (Å²) >= 11 is 0. The number of benzene rings is 1. The summed E-state index contributed by atoms with van der Waals surface area (Å²) in [5.74, 6) is 1.68. The highest BCUT2D eigenvalue weighted by atomic mass is 16.1. The van der Waals surface area contributed by atoms with Crippen molar-refractivity contribution in [3.63, 3.8) is 0 Å². The Morgan fingerprint density at radius 3 is 2.95 bits per heavy atom. The molecule has 1 atom stereocenters. The Kier molecular flexibility index (Phi) is 4.18. The van der Waals surface area contributed by atoms with Crippen LogP contribution in [-0.2, 0) is 0 Å². The van der Waals surface area contributed by atoms with Gasteiger partial charge in [-0.3, -0.25) is 4.79 Å². The lowest BCUT2D eigenvalue weighted by Gasteiger charge is -2.23. The monoisotopic (exact) mass is 282 g/mol. The van der Waals surface area contributed by atoms with Crippen LogP contribution in [0.4, 0.5) is 5.82 Å². The van der Waals surface area contributed by atoms with E-state index in [2.05, 4.69) is 11.8 Å². The Balaban J connectivity index is 1.96. The number of aldehydes is 1. The van der Waals surface area contributed by atoms with Crippen LogP contribution in [0.15, 0.2) is 30.3 Å². The molecule has 1 aromatic carbocycles. The lowest BCUT2D eigenvalue weighted by Crippen LogP contribution is -2.26. The minimum atomic E-state index is 0.712. The van der Waals surface area contributed by atoms with E-state index in [9.17, 15) is 4.79 Å². The molecule has 1 aliphatic rings. The van der Waals surface area contributed by atoms with Gasteiger partial charge in [0.2, 0.25) is 0 Å². The van der Waals surface area contributed by atoms with Gasteiger partial charge in [0.15, 0.2) is 6.29 Å². The predicted molar refractivity (Wildman–Crippen MR) is 87.0 cm³/mol. The fourth-order valence-electron chi connectivity index (χ4n) is 3.25. The first-order chi connectivity index (χ1) is 10.3. The quantitative estimate of drug-likeness (QED) is 0.796. The molecule has 1 fully saturated rings. The number of para-hydroxylation sites is 1. The van der Waals surface area contributed by atoms with Gasteiger partial charge < -0.3 is 4.90 Å². The first kappa shape index (κ1) is 14.1. The van der Waals surface area contributed by atoms with Crippen LogP contribution in [0.2, 0.25) is 0 Å². The third-order valence-corrected chi connectivity index (χ3v) is 4.58. The summed E-state index contributed by atoms with van der Waals surface area (Å²) in [5, 5.41) is 1.03. The van der Waals surface area contributed by atoms with E-state index in [0.29, 0.717) is 5.56 Å². The highest BCUT2D eigenvalue weighted by molar-refractivity contribution is 5.91. The van der Waals surface area contributed by atoms with Gasteiger partial charge >= 0.3 is 0 Å². The van der Waals surface area contributed by atoms with E-state index in [1.807, 2.05) is 30.3 Å². The van der Waals surface area contributed by atoms with Crippen molar-refractivity contribution >= 4 is 23.0 Å². The average molecular weight is 282 g/mol. The number of rotatable bonds is 3. The van der Waals surface area contributed by atoms with E-state index in [0.717, 1.165) is 42.0 Å². The number of nitrogens with zero attached hydrogens (tertiary/aromatic N) is 2. The molecule has 0 aliphatic carbocycles. The minimum Gasteiger partial charge on any atom is -0.356 e. The molecule has 0 bridgehead atoms. The third-order valence-electron chi connectivity index (χ3n) is 4.58. The van der Waals surface area contributed by atoms with Gasteiger partial charge in [-0.25, -0.2) is 4.98 Å². The van der Waals surface area contributed by atoms with Gasteiger partial charge in [-0.15, -0.1) is 0 Å². The van der Waals surface area contributed by atoms with E-state index in [1.165, 1.54) is 25.7 Å². The molecule has 1 aliphatic heterocycles. The first-order valence-corrected chi connectivity index (χ1v) is 7.91. The summed E-state index contributed by atoms with van der Waals surface area (Å²) in [5.41, 5.74) is 1.68. The highest BCUT2D eigenvalue weighted by Crippen LogP contribution is 2.27. The maximum atomic E-state index is 11.5. The topological polar surface area (TPSA) is 33.2 Å². The van der Waals surface area contributed by atoms with E-state index in [4.69, 9.17) is 4.98 Å². The maximum absolute atomic E-state index is 11.5. The van der Waals surface area contributed by atoms with Crippen molar-refractivity contribution in [1.29, 1.82) is 0 Å². The molecule has 3 heteroatoms. The molecule has 1 aromatic heterocycles. The van der Waals surface area contributed by atoms with Crippen LogP contribution < -0.4 is 4.90 Å². The fourth-order valence-corrected chi connectivity index (χ4v) is 3.25. The summed E-state index contributed by atoms with van der Waals surface area (Å²) in [6.45, 7) is 4.28. The third kappa shape index (κ3) is 2.92. The fraction of sp³-hybridized carbons (Fsp3) is 0.444. The van der Waals surface area contributed by atoms with Crippen LogP contribution in [0.5, 0.6) is 0 Å².